The van der Waals surface area contributed by atoms with Crippen molar-refractivity contribution in [2.24, 2.45) is 0 Å². The molecule has 0 aliphatic carbocycles. The van der Waals surface area contributed by atoms with Crippen molar-refractivity contribution < 1.29 is 18.3 Å². The van der Waals surface area contributed by atoms with Crippen LogP contribution in [0.5, 0.6) is 0 Å². The summed E-state index contributed by atoms with van der Waals surface area (Å²) < 4.78 is 27.8. The molecule has 0 rings (SSSR count). The van der Waals surface area contributed by atoms with Crippen molar-refractivity contribution in [3.05, 3.63) is 0 Å². The molecule has 0 radical (unpaired) electrons. The van der Waals surface area contributed by atoms with Gasteiger partial charge in [-0.05, 0) is 19.4 Å². The molecule has 5 nitrogen and oxygen atoms in total. The second kappa shape index (κ2) is 8.92. The average Bonchev–Trinajstić information content (AvgIpc) is 2.17. The van der Waals surface area contributed by atoms with E-state index in [0.717, 1.165) is 13.0 Å². The minimum atomic E-state index is -3.16. The highest BCUT2D eigenvalue weighted by Crippen LogP contribution is 1.98. The number of rotatable bonds is 10. The van der Waals surface area contributed by atoms with Crippen LogP contribution in [0, 0.1) is 0 Å². The molecule has 0 saturated heterocycles. The standard InChI is InChI=1S/C10H23NO4S/c1-3-5-11-8-10(12)9-16(13,14)7-4-6-15-2/h10-12H,3-9H2,1-2H3. The maximum Gasteiger partial charge on any atom is 0.152 e. The molecule has 6 heteroatoms. The Morgan fingerprint density at radius 2 is 2.12 bits per heavy atom. The van der Waals surface area contributed by atoms with Gasteiger partial charge in [0.1, 0.15) is 0 Å². The molecule has 0 saturated carbocycles. The summed E-state index contributed by atoms with van der Waals surface area (Å²) in [6.45, 7) is 3.57. The fraction of sp³-hybridized carbons (Fsp3) is 1.00. The zero-order valence-corrected chi connectivity index (χ0v) is 10.9. The van der Waals surface area contributed by atoms with Crippen LogP contribution in [0.2, 0.25) is 0 Å². The monoisotopic (exact) mass is 253 g/mol. The molecule has 0 aromatic heterocycles. The zero-order chi connectivity index (χ0) is 12.4. The Morgan fingerprint density at radius 3 is 2.69 bits per heavy atom. The van der Waals surface area contributed by atoms with Crippen molar-refractivity contribution in [3.63, 3.8) is 0 Å². The van der Waals surface area contributed by atoms with E-state index in [1.54, 1.807) is 0 Å². The van der Waals surface area contributed by atoms with Crippen LogP contribution in [0.3, 0.4) is 0 Å². The predicted molar refractivity (Wildman–Crippen MR) is 64.3 cm³/mol. The number of methoxy groups -OCH3 is 1. The largest absolute Gasteiger partial charge is 0.391 e. The second-order valence-electron chi connectivity index (χ2n) is 3.82. The van der Waals surface area contributed by atoms with Crippen molar-refractivity contribution in [3.8, 4) is 0 Å². The molecule has 0 aliphatic rings. The van der Waals surface area contributed by atoms with Gasteiger partial charge >= 0.3 is 0 Å². The van der Waals surface area contributed by atoms with Crippen molar-refractivity contribution >= 4 is 9.84 Å². The van der Waals surface area contributed by atoms with E-state index in [1.807, 2.05) is 6.92 Å². The summed E-state index contributed by atoms with van der Waals surface area (Å²) in [6, 6.07) is 0. The first-order valence-corrected chi connectivity index (χ1v) is 7.42. The summed E-state index contributed by atoms with van der Waals surface area (Å²) in [7, 11) is -1.62. The van der Waals surface area contributed by atoms with Crippen LogP contribution >= 0.6 is 0 Å². The fourth-order valence-electron chi connectivity index (χ4n) is 1.30. The van der Waals surface area contributed by atoms with Crippen LogP contribution in [0.25, 0.3) is 0 Å². The van der Waals surface area contributed by atoms with Crippen LogP contribution in [-0.2, 0) is 14.6 Å². The number of nitrogens with one attached hydrogen (secondary N) is 1. The molecular weight excluding hydrogens is 230 g/mol. The molecular formula is C10H23NO4S. The number of hydrogen-bond acceptors (Lipinski definition) is 5. The molecule has 0 aromatic carbocycles. The molecule has 0 amide bonds. The molecule has 2 N–H and O–H groups in total. The minimum absolute atomic E-state index is 0.0751. The SMILES string of the molecule is CCCNCC(O)CS(=O)(=O)CCCOC. The molecule has 0 aromatic rings. The molecule has 0 heterocycles. The Bertz CT molecular complexity index is 254. The fourth-order valence-corrected chi connectivity index (χ4v) is 2.73. The van der Waals surface area contributed by atoms with E-state index in [9.17, 15) is 13.5 Å². The Kier molecular flexibility index (Phi) is 8.83. The van der Waals surface area contributed by atoms with Gasteiger partial charge in [0.2, 0.25) is 0 Å². The maximum atomic E-state index is 11.5. The molecule has 0 spiro atoms. The van der Waals surface area contributed by atoms with E-state index in [0.29, 0.717) is 19.6 Å². The molecule has 0 fully saturated rings. The van der Waals surface area contributed by atoms with Crippen molar-refractivity contribution in [1.29, 1.82) is 0 Å². The quantitative estimate of drug-likeness (QED) is 0.527. The first-order valence-electron chi connectivity index (χ1n) is 5.60. The molecule has 98 valence electrons. The van der Waals surface area contributed by atoms with Gasteiger partial charge in [0.25, 0.3) is 0 Å². The van der Waals surface area contributed by atoms with E-state index < -0.39 is 15.9 Å². The second-order valence-corrected chi connectivity index (χ2v) is 6.05. The molecule has 16 heavy (non-hydrogen) atoms. The van der Waals surface area contributed by atoms with Crippen molar-refractivity contribution in [2.45, 2.75) is 25.9 Å². The lowest BCUT2D eigenvalue weighted by atomic mass is 10.4. The highest BCUT2D eigenvalue weighted by molar-refractivity contribution is 7.91. The highest BCUT2D eigenvalue weighted by Gasteiger charge is 2.16. The lowest BCUT2D eigenvalue weighted by Crippen LogP contribution is -2.33. The van der Waals surface area contributed by atoms with Gasteiger partial charge in [0.05, 0.1) is 17.6 Å². The van der Waals surface area contributed by atoms with Gasteiger partial charge in [-0.1, -0.05) is 6.92 Å². The Labute approximate surface area is 98.1 Å². The molecule has 0 bridgehead atoms. The van der Waals surface area contributed by atoms with E-state index >= 15 is 0 Å². The topological polar surface area (TPSA) is 75.6 Å². The van der Waals surface area contributed by atoms with Crippen LogP contribution < -0.4 is 5.32 Å². The summed E-state index contributed by atoms with van der Waals surface area (Å²) in [5, 5.41) is 12.5. The number of aliphatic hydroxyl groups excluding tert-OH is 1. The van der Waals surface area contributed by atoms with E-state index in [2.05, 4.69) is 5.32 Å². The third kappa shape index (κ3) is 9.08. The minimum Gasteiger partial charge on any atom is -0.391 e. The van der Waals surface area contributed by atoms with Crippen molar-refractivity contribution in [2.75, 3.05) is 38.3 Å². The van der Waals surface area contributed by atoms with Gasteiger partial charge in [-0.2, -0.15) is 0 Å². The van der Waals surface area contributed by atoms with Gasteiger partial charge in [-0.3, -0.25) is 0 Å². The summed E-state index contributed by atoms with van der Waals surface area (Å²) in [4.78, 5) is 0. The lowest BCUT2D eigenvalue weighted by molar-refractivity contribution is 0.192. The summed E-state index contributed by atoms with van der Waals surface area (Å²) in [5.74, 6) is -0.0981. The smallest absolute Gasteiger partial charge is 0.152 e. The van der Waals surface area contributed by atoms with Gasteiger partial charge in [0, 0.05) is 20.3 Å². The number of aliphatic hydroxyl groups is 1. The molecule has 1 unspecified atom stereocenters. The van der Waals surface area contributed by atoms with E-state index in [1.165, 1.54) is 7.11 Å². The molecule has 1 atom stereocenters. The summed E-state index contributed by atoms with van der Waals surface area (Å²) in [6.07, 6.45) is 0.625. The normalized spacial score (nSPS) is 13.9. The predicted octanol–water partition coefficient (Wildman–Crippen LogP) is -0.202. The first kappa shape index (κ1) is 15.8. The van der Waals surface area contributed by atoms with Crippen molar-refractivity contribution in [1.82, 2.24) is 5.32 Å². The Hall–Kier alpha value is -0.170. The van der Waals surface area contributed by atoms with Gasteiger partial charge < -0.3 is 15.2 Å². The van der Waals surface area contributed by atoms with Gasteiger partial charge in [-0.15, -0.1) is 0 Å². The number of ether oxygens (including phenoxy) is 1. The Balaban J connectivity index is 3.77. The van der Waals surface area contributed by atoms with E-state index in [-0.39, 0.29) is 11.5 Å². The van der Waals surface area contributed by atoms with Gasteiger partial charge in [0.15, 0.2) is 9.84 Å². The average molecular weight is 253 g/mol. The van der Waals surface area contributed by atoms with Gasteiger partial charge in [-0.25, -0.2) is 8.42 Å². The third-order valence-corrected chi connectivity index (χ3v) is 3.86. The van der Waals surface area contributed by atoms with Crippen LogP contribution in [0.1, 0.15) is 19.8 Å². The summed E-state index contributed by atoms with van der Waals surface area (Å²) in [5.41, 5.74) is 0. The van der Waals surface area contributed by atoms with Crippen LogP contribution in [-0.4, -0.2) is 57.9 Å². The lowest BCUT2D eigenvalue weighted by Gasteiger charge is -2.11. The maximum absolute atomic E-state index is 11.5. The zero-order valence-electron chi connectivity index (χ0n) is 10.1. The first-order chi connectivity index (χ1) is 7.52. The summed E-state index contributed by atoms with van der Waals surface area (Å²) >= 11 is 0. The number of hydrogen-bond donors (Lipinski definition) is 2. The third-order valence-electron chi connectivity index (χ3n) is 2.06. The molecule has 0 aliphatic heterocycles. The van der Waals surface area contributed by atoms with Crippen LogP contribution in [0.15, 0.2) is 0 Å². The van der Waals surface area contributed by atoms with E-state index in [4.69, 9.17) is 4.74 Å². The highest BCUT2D eigenvalue weighted by atomic mass is 32.2. The number of sulfone groups is 1. The Morgan fingerprint density at radius 1 is 1.44 bits per heavy atom. The van der Waals surface area contributed by atoms with Crippen LogP contribution in [0.4, 0.5) is 0 Å².